The third-order valence-electron chi connectivity index (χ3n) is 14.3. The Hall–Kier alpha value is -3.06. The lowest BCUT2D eigenvalue weighted by molar-refractivity contribution is -0.382. The van der Waals surface area contributed by atoms with Crippen molar-refractivity contribution in [1.29, 1.82) is 0 Å². The van der Waals surface area contributed by atoms with Crippen molar-refractivity contribution in [3.8, 4) is 5.75 Å². The molecular weight excluding hydrogens is 733 g/mol. The van der Waals surface area contributed by atoms with Crippen molar-refractivity contribution < 1.29 is 32.6 Å². The van der Waals surface area contributed by atoms with E-state index in [9.17, 15) is 4.79 Å². The van der Waals surface area contributed by atoms with Crippen LogP contribution in [0, 0.1) is 22.7 Å². The molecule has 1 saturated heterocycles. The molecule has 0 spiro atoms. The predicted octanol–water partition coefficient (Wildman–Crippen LogP) is 9.20. The van der Waals surface area contributed by atoms with Crippen LogP contribution in [0.15, 0.2) is 96.1 Å². The summed E-state index contributed by atoms with van der Waals surface area (Å²) >= 11 is 0. The van der Waals surface area contributed by atoms with Gasteiger partial charge in [0.2, 0.25) is 0 Å². The second kappa shape index (κ2) is 14.3. The molecule has 7 nitrogen and oxygen atoms in total. The lowest BCUT2D eigenvalue weighted by Crippen LogP contribution is -2.77. The minimum atomic E-state index is -2.93. The molecule has 9 heteroatoms. The molecule has 3 aliphatic carbocycles. The number of carbonyl (C=O) groups is 1. The number of carbonyl (C=O) groups excluding carboxylic acids is 1. The maximum atomic E-state index is 14.9. The summed E-state index contributed by atoms with van der Waals surface area (Å²) in [6.45, 7) is 23.8. The molecule has 1 aliphatic heterocycles. The smallest absolute Gasteiger partial charge is 0.320 e. The van der Waals surface area contributed by atoms with Gasteiger partial charge in [-0.3, -0.25) is 4.79 Å². The average Bonchev–Trinajstić information content (AvgIpc) is 3.56. The number of methoxy groups -OCH3 is 2. The molecule has 7 atom stereocenters. The molecule has 0 radical (unpaired) electrons. The van der Waals surface area contributed by atoms with Crippen LogP contribution in [0.3, 0.4) is 0 Å². The average molecular weight is 797 g/mol. The topological polar surface area (TPSA) is 72.5 Å². The number of hydrogen-bond acceptors (Lipinski definition) is 7. The van der Waals surface area contributed by atoms with E-state index < -0.39 is 39.4 Å². The summed E-state index contributed by atoms with van der Waals surface area (Å²) in [5.41, 5.74) is 2.05. The molecule has 0 unspecified atom stereocenters. The fourth-order valence-corrected chi connectivity index (χ4v) is 16.7. The fraction of sp³-hybridized carbons (Fsp3) is 0.553. The molecule has 1 saturated carbocycles. The maximum Gasteiger partial charge on any atom is 0.320 e. The number of hydrogen-bond donors (Lipinski definition) is 0. The van der Waals surface area contributed by atoms with Gasteiger partial charge in [0, 0.05) is 13.0 Å². The fourth-order valence-electron chi connectivity index (χ4n) is 10.6. The summed E-state index contributed by atoms with van der Waals surface area (Å²) in [5, 5.41) is 2.16. The van der Waals surface area contributed by atoms with Crippen LogP contribution in [-0.2, 0) is 34.5 Å². The van der Waals surface area contributed by atoms with Crippen LogP contribution < -0.4 is 15.1 Å². The Bertz CT molecular complexity index is 1890. The standard InChI is InChI=1S/C47H64O7Si2/c1-32-27-38(51-29-33-23-25-34(49-9)26-24-33)37-28-39-45(8,31-52-56(44(5,6)7,35-19-15-13-16-20-35)36-21-17-14-18-22-36)30-46(54-55(11,12)43(2,3)4)47(39,42(48)50-10)41(53-46)40(32)37/h13-26,32,38-39,41H,27-31H2,1-12H3/t32-,38+,39+,41+,45+,46+,47-/m0/s1. The third-order valence-corrected chi connectivity index (χ3v) is 23.8. The minimum absolute atomic E-state index is 0.0832. The van der Waals surface area contributed by atoms with Gasteiger partial charge in [0.25, 0.3) is 8.32 Å². The number of rotatable bonds is 12. The zero-order chi connectivity index (χ0) is 40.5. The van der Waals surface area contributed by atoms with Crippen LogP contribution in [0.25, 0.3) is 0 Å². The Morgan fingerprint density at radius 3 is 1.96 bits per heavy atom. The van der Waals surface area contributed by atoms with Gasteiger partial charge in [0.15, 0.2) is 19.5 Å². The van der Waals surface area contributed by atoms with Gasteiger partial charge in [0.05, 0.1) is 26.9 Å². The lowest BCUT2D eigenvalue weighted by Gasteiger charge is -2.64. The molecule has 56 heavy (non-hydrogen) atoms. The second-order valence-electron chi connectivity index (χ2n) is 19.8. The van der Waals surface area contributed by atoms with E-state index in [1.807, 2.05) is 12.1 Å². The first kappa shape index (κ1) is 41.1. The summed E-state index contributed by atoms with van der Waals surface area (Å²) in [4.78, 5) is 14.9. The lowest BCUT2D eigenvalue weighted by atomic mass is 9.55. The van der Waals surface area contributed by atoms with Crippen molar-refractivity contribution in [3.05, 3.63) is 102 Å². The first-order valence-corrected chi connectivity index (χ1v) is 25.3. The van der Waals surface area contributed by atoms with Crippen LogP contribution >= 0.6 is 0 Å². The number of ether oxygens (including phenoxy) is 4. The molecule has 0 bridgehead atoms. The molecule has 7 rings (SSSR count). The van der Waals surface area contributed by atoms with Crippen LogP contribution in [-0.4, -0.2) is 61.4 Å². The van der Waals surface area contributed by atoms with Gasteiger partial charge in [-0.2, -0.15) is 0 Å². The third kappa shape index (κ3) is 6.22. The van der Waals surface area contributed by atoms with Gasteiger partial charge >= 0.3 is 5.97 Å². The van der Waals surface area contributed by atoms with Crippen LogP contribution in [0.4, 0.5) is 0 Å². The largest absolute Gasteiger partial charge is 0.497 e. The highest BCUT2D eigenvalue weighted by molar-refractivity contribution is 6.99. The van der Waals surface area contributed by atoms with Crippen molar-refractivity contribution in [1.82, 2.24) is 0 Å². The van der Waals surface area contributed by atoms with E-state index in [0.29, 0.717) is 26.1 Å². The Labute approximate surface area is 337 Å². The zero-order valence-corrected chi connectivity index (χ0v) is 37.8. The summed E-state index contributed by atoms with van der Waals surface area (Å²) in [7, 11) is -2.20. The Balaban J connectivity index is 1.34. The molecular formula is C47H64O7Si2. The highest BCUT2D eigenvalue weighted by Gasteiger charge is 2.86. The number of esters is 1. The van der Waals surface area contributed by atoms with Crippen molar-refractivity contribution in [2.45, 2.75) is 122 Å². The number of fused-ring (bicyclic) bond motifs is 1. The quantitative estimate of drug-likeness (QED) is 0.103. The summed E-state index contributed by atoms with van der Waals surface area (Å²) < 4.78 is 40.7. The molecule has 3 aromatic rings. The van der Waals surface area contributed by atoms with Crippen molar-refractivity contribution in [2.24, 2.45) is 22.7 Å². The minimum Gasteiger partial charge on any atom is -0.497 e. The first-order valence-electron chi connectivity index (χ1n) is 20.5. The van der Waals surface area contributed by atoms with Crippen LogP contribution in [0.1, 0.15) is 80.2 Å². The second-order valence-corrected chi connectivity index (χ2v) is 28.8. The normalized spacial score (nSPS) is 30.1. The van der Waals surface area contributed by atoms with E-state index in [0.717, 1.165) is 17.7 Å². The van der Waals surface area contributed by atoms with Crippen LogP contribution in [0.2, 0.25) is 23.2 Å². The van der Waals surface area contributed by atoms with Gasteiger partial charge in [-0.15, -0.1) is 0 Å². The zero-order valence-electron chi connectivity index (χ0n) is 35.8. The van der Waals surface area contributed by atoms with E-state index in [1.165, 1.54) is 28.6 Å². The van der Waals surface area contributed by atoms with E-state index >= 15 is 0 Å². The Morgan fingerprint density at radius 2 is 1.45 bits per heavy atom. The SMILES string of the molecule is COC(=O)[C@]12[C@@H]3O[C@@]1(O[Si](C)(C)C(C)(C)C)C[C@](C)(CO[Si](c1ccccc1)(c1ccccc1)C(C)(C)C)[C@H]2CC1=C3[C@@H](C)C[C@H]1OCc1ccc(OC)cc1. The monoisotopic (exact) mass is 796 g/mol. The van der Waals surface area contributed by atoms with E-state index in [1.54, 1.807) is 7.11 Å². The van der Waals surface area contributed by atoms with Gasteiger partial charge in [-0.1, -0.05) is 128 Å². The molecule has 4 aliphatic rings. The highest BCUT2D eigenvalue weighted by Crippen LogP contribution is 2.77. The van der Waals surface area contributed by atoms with Gasteiger partial charge in [-0.05, 0) is 92.5 Å². The van der Waals surface area contributed by atoms with Gasteiger partial charge in [-0.25, -0.2) is 0 Å². The van der Waals surface area contributed by atoms with Crippen molar-refractivity contribution in [3.63, 3.8) is 0 Å². The molecule has 302 valence electrons. The van der Waals surface area contributed by atoms with Gasteiger partial charge < -0.3 is 27.8 Å². The molecule has 0 aromatic heterocycles. The summed E-state index contributed by atoms with van der Waals surface area (Å²) in [6.07, 6.45) is 1.54. The Morgan fingerprint density at radius 1 is 0.857 bits per heavy atom. The molecule has 1 heterocycles. The van der Waals surface area contributed by atoms with Crippen molar-refractivity contribution in [2.75, 3.05) is 20.8 Å². The molecule has 3 aromatic carbocycles. The van der Waals surface area contributed by atoms with Crippen LogP contribution in [0.5, 0.6) is 5.75 Å². The molecule has 0 amide bonds. The summed E-state index contributed by atoms with van der Waals surface area (Å²) in [6, 6.07) is 29.7. The first-order chi connectivity index (χ1) is 26.3. The van der Waals surface area contributed by atoms with E-state index in [-0.39, 0.29) is 34.0 Å². The molecule has 2 fully saturated rings. The maximum absolute atomic E-state index is 14.9. The predicted molar refractivity (Wildman–Crippen MR) is 227 cm³/mol. The summed E-state index contributed by atoms with van der Waals surface area (Å²) in [5.74, 6) is -0.522. The Kier molecular flexibility index (Phi) is 10.5. The number of benzene rings is 3. The van der Waals surface area contributed by atoms with E-state index in [4.69, 9.17) is 27.8 Å². The molecule has 0 N–H and O–H groups in total. The van der Waals surface area contributed by atoms with Gasteiger partial charge in [0.1, 0.15) is 11.9 Å². The van der Waals surface area contributed by atoms with E-state index in [2.05, 4.69) is 141 Å². The van der Waals surface area contributed by atoms with Crippen molar-refractivity contribution >= 4 is 33.0 Å². The highest BCUT2D eigenvalue weighted by atomic mass is 28.4.